The van der Waals surface area contributed by atoms with Crippen LogP contribution in [0.1, 0.15) is 37.6 Å². The van der Waals surface area contributed by atoms with Crippen LogP contribution in [0.5, 0.6) is 0 Å². The highest BCUT2D eigenvalue weighted by atomic mass is 79.9. The van der Waals surface area contributed by atoms with Crippen LogP contribution < -0.4 is 0 Å². The van der Waals surface area contributed by atoms with Crippen molar-refractivity contribution in [3.8, 4) is 0 Å². The number of hydrogen-bond acceptors (Lipinski definition) is 2. The third-order valence-electron chi connectivity index (χ3n) is 3.89. The highest BCUT2D eigenvalue weighted by Crippen LogP contribution is 2.29. The summed E-state index contributed by atoms with van der Waals surface area (Å²) in [6, 6.07) is 1.98. The van der Waals surface area contributed by atoms with Crippen LogP contribution in [-0.2, 0) is 0 Å². The summed E-state index contributed by atoms with van der Waals surface area (Å²) in [5, 5.41) is 0.270. The third kappa shape index (κ3) is 3.11. The van der Waals surface area contributed by atoms with E-state index in [0.717, 1.165) is 17.4 Å². The van der Waals surface area contributed by atoms with E-state index in [0.29, 0.717) is 17.4 Å². The average Bonchev–Trinajstić information content (AvgIpc) is 2.36. The molecule has 19 heavy (non-hydrogen) atoms. The molecule has 5 heteroatoms. The highest BCUT2D eigenvalue weighted by Gasteiger charge is 2.33. The van der Waals surface area contributed by atoms with Gasteiger partial charge >= 0.3 is 0 Å². The van der Waals surface area contributed by atoms with Crippen molar-refractivity contribution in [2.45, 2.75) is 33.2 Å². The Kier molecular flexibility index (Phi) is 4.51. The molecule has 1 aromatic rings. The van der Waals surface area contributed by atoms with E-state index in [1.807, 2.05) is 4.90 Å². The van der Waals surface area contributed by atoms with Crippen molar-refractivity contribution in [2.75, 3.05) is 6.54 Å². The topological polar surface area (TPSA) is 33.2 Å². The van der Waals surface area contributed by atoms with Crippen LogP contribution in [-0.4, -0.2) is 28.4 Å². The van der Waals surface area contributed by atoms with Gasteiger partial charge in [-0.05, 0) is 47.2 Å². The van der Waals surface area contributed by atoms with Crippen molar-refractivity contribution in [2.24, 2.45) is 11.8 Å². The zero-order valence-corrected chi connectivity index (χ0v) is 13.7. The molecule has 0 spiro atoms. The van der Waals surface area contributed by atoms with Gasteiger partial charge in [-0.3, -0.25) is 4.79 Å². The van der Waals surface area contributed by atoms with Gasteiger partial charge in [0.2, 0.25) is 0 Å². The third-order valence-corrected chi connectivity index (χ3v) is 4.63. The molecule has 1 amide bonds. The number of rotatable bonds is 1. The molecule has 1 aromatic heterocycles. The number of piperidine rings is 1. The van der Waals surface area contributed by atoms with Gasteiger partial charge in [0.15, 0.2) is 0 Å². The van der Waals surface area contributed by atoms with Gasteiger partial charge in [0.25, 0.3) is 5.91 Å². The molecule has 1 saturated heterocycles. The normalized spacial score (nSPS) is 27.4. The maximum absolute atomic E-state index is 12.7. The number of aromatic nitrogens is 1. The molecule has 104 valence electrons. The zero-order chi connectivity index (χ0) is 14.2. The standard InChI is InChI=1S/C14H18BrClN2O/c1-8-4-9(2)10(3)18(7-8)14(19)12-5-11(15)6-17-13(12)16/h5-6,8-10H,4,7H2,1-3H3. The lowest BCUT2D eigenvalue weighted by Gasteiger charge is -2.41. The Morgan fingerprint density at radius 1 is 1.47 bits per heavy atom. The maximum atomic E-state index is 12.7. The smallest absolute Gasteiger partial charge is 0.257 e. The number of likely N-dealkylation sites (tertiary alicyclic amines) is 1. The van der Waals surface area contributed by atoms with Crippen LogP contribution in [0, 0.1) is 11.8 Å². The summed E-state index contributed by atoms with van der Waals surface area (Å²) in [4.78, 5) is 18.6. The van der Waals surface area contributed by atoms with Crippen LogP contribution in [0.3, 0.4) is 0 Å². The molecular weight excluding hydrogens is 328 g/mol. The van der Waals surface area contributed by atoms with Crippen molar-refractivity contribution in [3.63, 3.8) is 0 Å². The molecular formula is C14H18BrClN2O. The summed E-state index contributed by atoms with van der Waals surface area (Å²) in [5.41, 5.74) is 0.476. The molecule has 1 aliphatic rings. The summed E-state index contributed by atoms with van der Waals surface area (Å²) in [7, 11) is 0. The summed E-state index contributed by atoms with van der Waals surface area (Å²) >= 11 is 9.39. The zero-order valence-electron chi connectivity index (χ0n) is 11.4. The van der Waals surface area contributed by atoms with E-state index < -0.39 is 0 Å². The Balaban J connectivity index is 2.30. The fourth-order valence-corrected chi connectivity index (χ4v) is 3.23. The first kappa shape index (κ1) is 14.8. The summed E-state index contributed by atoms with van der Waals surface area (Å²) in [6.07, 6.45) is 2.76. The van der Waals surface area contributed by atoms with Gasteiger partial charge < -0.3 is 4.90 Å². The van der Waals surface area contributed by atoms with Crippen LogP contribution >= 0.6 is 27.5 Å². The number of carbonyl (C=O) groups is 1. The van der Waals surface area contributed by atoms with Crippen LogP contribution in [0.25, 0.3) is 0 Å². The number of halogens is 2. The van der Waals surface area contributed by atoms with E-state index in [-0.39, 0.29) is 17.1 Å². The number of pyridine rings is 1. The molecule has 2 heterocycles. The lowest BCUT2D eigenvalue weighted by molar-refractivity contribution is 0.0455. The molecule has 0 radical (unpaired) electrons. The van der Waals surface area contributed by atoms with Gasteiger partial charge in [-0.25, -0.2) is 4.98 Å². The molecule has 1 fully saturated rings. The Labute approximate surface area is 127 Å². The monoisotopic (exact) mass is 344 g/mol. The molecule has 3 atom stereocenters. The summed E-state index contributed by atoms with van der Waals surface area (Å²) in [5.74, 6) is 1.00. The van der Waals surface area contributed by atoms with Crippen molar-refractivity contribution in [3.05, 3.63) is 27.5 Å². The van der Waals surface area contributed by atoms with E-state index in [1.165, 1.54) is 0 Å². The highest BCUT2D eigenvalue weighted by molar-refractivity contribution is 9.10. The molecule has 2 rings (SSSR count). The number of hydrogen-bond donors (Lipinski definition) is 0. The quantitative estimate of drug-likeness (QED) is 0.721. The minimum Gasteiger partial charge on any atom is -0.335 e. The number of nitrogens with zero attached hydrogens (tertiary/aromatic N) is 2. The second-order valence-electron chi connectivity index (χ2n) is 5.51. The summed E-state index contributed by atoms with van der Waals surface area (Å²) < 4.78 is 0.769. The number of carbonyl (C=O) groups excluding carboxylic acids is 1. The van der Waals surface area contributed by atoms with E-state index in [1.54, 1.807) is 12.3 Å². The second kappa shape index (κ2) is 5.80. The SMILES string of the molecule is CC1CC(C)C(C)N(C(=O)c2cc(Br)cnc2Cl)C1. The van der Waals surface area contributed by atoms with E-state index in [2.05, 4.69) is 41.7 Å². The Bertz CT molecular complexity index is 494. The van der Waals surface area contributed by atoms with Crippen molar-refractivity contribution < 1.29 is 4.79 Å². The Morgan fingerprint density at radius 3 is 2.84 bits per heavy atom. The molecule has 0 bridgehead atoms. The predicted octanol–water partition coefficient (Wildman–Crippen LogP) is 4.00. The van der Waals surface area contributed by atoms with Crippen molar-refractivity contribution >= 4 is 33.4 Å². The van der Waals surface area contributed by atoms with Gasteiger partial charge in [0.1, 0.15) is 5.15 Å². The molecule has 0 aliphatic carbocycles. The summed E-state index contributed by atoms with van der Waals surface area (Å²) in [6.45, 7) is 7.27. The average molecular weight is 346 g/mol. The Hall–Kier alpha value is -0.610. The first-order chi connectivity index (χ1) is 8.90. The maximum Gasteiger partial charge on any atom is 0.257 e. The molecule has 1 aliphatic heterocycles. The lowest BCUT2D eigenvalue weighted by atomic mass is 9.85. The minimum atomic E-state index is -0.0234. The van der Waals surface area contributed by atoms with E-state index >= 15 is 0 Å². The van der Waals surface area contributed by atoms with Crippen molar-refractivity contribution in [1.29, 1.82) is 0 Å². The van der Waals surface area contributed by atoms with Gasteiger partial charge in [-0.2, -0.15) is 0 Å². The van der Waals surface area contributed by atoms with Gasteiger partial charge in [-0.1, -0.05) is 25.4 Å². The fourth-order valence-electron chi connectivity index (χ4n) is 2.71. The van der Waals surface area contributed by atoms with Crippen LogP contribution in [0.15, 0.2) is 16.7 Å². The van der Waals surface area contributed by atoms with E-state index in [4.69, 9.17) is 11.6 Å². The van der Waals surface area contributed by atoms with Crippen LogP contribution in [0.2, 0.25) is 5.15 Å². The van der Waals surface area contributed by atoms with Gasteiger partial charge in [0, 0.05) is 23.3 Å². The van der Waals surface area contributed by atoms with Gasteiger partial charge in [-0.15, -0.1) is 0 Å². The fraction of sp³-hybridized carbons (Fsp3) is 0.571. The van der Waals surface area contributed by atoms with Gasteiger partial charge in [0.05, 0.1) is 5.56 Å². The number of amides is 1. The van der Waals surface area contributed by atoms with E-state index in [9.17, 15) is 4.79 Å². The lowest BCUT2D eigenvalue weighted by Crippen LogP contribution is -2.48. The molecule has 3 unspecified atom stereocenters. The molecule has 3 nitrogen and oxygen atoms in total. The minimum absolute atomic E-state index is 0.0234. The first-order valence-corrected chi connectivity index (χ1v) is 7.69. The second-order valence-corrected chi connectivity index (χ2v) is 6.78. The first-order valence-electron chi connectivity index (χ1n) is 6.52. The molecule has 0 N–H and O–H groups in total. The van der Waals surface area contributed by atoms with Crippen LogP contribution in [0.4, 0.5) is 0 Å². The largest absolute Gasteiger partial charge is 0.335 e. The molecule has 0 aromatic carbocycles. The molecule has 0 saturated carbocycles. The van der Waals surface area contributed by atoms with Crippen molar-refractivity contribution in [1.82, 2.24) is 9.88 Å². The Morgan fingerprint density at radius 2 is 2.16 bits per heavy atom. The predicted molar refractivity (Wildman–Crippen MR) is 80.4 cm³/mol.